The Hall–Kier alpha value is -1.04. The van der Waals surface area contributed by atoms with Crippen LogP contribution in [0.5, 0.6) is 0 Å². The van der Waals surface area contributed by atoms with E-state index in [0.29, 0.717) is 6.54 Å². The smallest absolute Gasteiger partial charge is 0.238 e. The Morgan fingerprint density at radius 2 is 2.15 bits per heavy atom. The third-order valence-electron chi connectivity index (χ3n) is 3.30. The van der Waals surface area contributed by atoms with Crippen molar-refractivity contribution in [3.05, 3.63) is 29.8 Å². The summed E-state index contributed by atoms with van der Waals surface area (Å²) in [7, 11) is 0. The second kappa shape index (κ2) is 8.29. The van der Waals surface area contributed by atoms with Gasteiger partial charge in [0.15, 0.2) is 0 Å². The summed E-state index contributed by atoms with van der Waals surface area (Å²) in [5, 5.41) is 6.11. The van der Waals surface area contributed by atoms with Gasteiger partial charge in [-0.3, -0.25) is 4.79 Å². The number of amides is 1. The summed E-state index contributed by atoms with van der Waals surface area (Å²) in [6.45, 7) is 6.62. The molecule has 1 amide bonds. The molecule has 0 aromatic heterocycles. The van der Waals surface area contributed by atoms with E-state index in [4.69, 9.17) is 0 Å². The Kier molecular flexibility index (Phi) is 6.36. The lowest BCUT2D eigenvalue weighted by atomic mass is 10.2. The molecule has 20 heavy (non-hydrogen) atoms. The minimum atomic E-state index is 0.0183. The number of carbonyl (C=O) groups is 1. The maximum atomic E-state index is 11.8. The molecule has 0 radical (unpaired) electrons. The number of carbonyl (C=O) groups excluding carboxylic acids is 1. The fourth-order valence-corrected chi connectivity index (χ4v) is 3.17. The van der Waals surface area contributed by atoms with Gasteiger partial charge in [0.25, 0.3) is 0 Å². The normalized spacial score (nSPS) is 16.1. The summed E-state index contributed by atoms with van der Waals surface area (Å²) in [4.78, 5) is 14.2. The Balaban J connectivity index is 1.60. The minimum Gasteiger partial charge on any atom is -0.325 e. The van der Waals surface area contributed by atoms with E-state index in [0.717, 1.165) is 24.3 Å². The van der Waals surface area contributed by atoms with Gasteiger partial charge in [0.2, 0.25) is 5.91 Å². The molecular formula is C15H23N3OS. The highest BCUT2D eigenvalue weighted by Gasteiger charge is 2.09. The van der Waals surface area contributed by atoms with E-state index in [1.807, 2.05) is 43.0 Å². The highest BCUT2D eigenvalue weighted by molar-refractivity contribution is 7.99. The summed E-state index contributed by atoms with van der Waals surface area (Å²) >= 11 is 2.02. The van der Waals surface area contributed by atoms with Crippen LogP contribution in [0.3, 0.4) is 0 Å². The first-order valence-corrected chi connectivity index (χ1v) is 8.27. The van der Waals surface area contributed by atoms with Crippen molar-refractivity contribution in [3.63, 3.8) is 0 Å². The number of nitrogens with one attached hydrogen (secondary N) is 2. The minimum absolute atomic E-state index is 0.0183. The second-order valence-corrected chi connectivity index (χ2v) is 6.27. The van der Waals surface area contributed by atoms with Gasteiger partial charge in [-0.25, -0.2) is 0 Å². The number of benzene rings is 1. The zero-order valence-electron chi connectivity index (χ0n) is 12.0. The van der Waals surface area contributed by atoms with Gasteiger partial charge in [0.05, 0.1) is 6.54 Å². The molecule has 0 bridgehead atoms. The van der Waals surface area contributed by atoms with Gasteiger partial charge in [0.1, 0.15) is 0 Å². The molecule has 5 heteroatoms. The molecular weight excluding hydrogens is 270 g/mol. The van der Waals surface area contributed by atoms with Gasteiger partial charge in [-0.15, -0.1) is 0 Å². The SMILES string of the molecule is Cc1cccc(NC(=O)CNCCN2CCSCC2)c1. The molecule has 1 fully saturated rings. The van der Waals surface area contributed by atoms with Crippen LogP contribution in [-0.2, 0) is 4.79 Å². The lowest BCUT2D eigenvalue weighted by molar-refractivity contribution is -0.115. The van der Waals surface area contributed by atoms with E-state index in [2.05, 4.69) is 15.5 Å². The van der Waals surface area contributed by atoms with E-state index in [9.17, 15) is 4.79 Å². The summed E-state index contributed by atoms with van der Waals surface area (Å²) in [5.74, 6) is 2.48. The summed E-state index contributed by atoms with van der Waals surface area (Å²) in [6.07, 6.45) is 0. The van der Waals surface area contributed by atoms with Crippen LogP contribution < -0.4 is 10.6 Å². The molecule has 1 saturated heterocycles. The fourth-order valence-electron chi connectivity index (χ4n) is 2.19. The molecule has 0 saturated carbocycles. The van der Waals surface area contributed by atoms with Crippen LogP contribution in [0, 0.1) is 6.92 Å². The summed E-state index contributed by atoms with van der Waals surface area (Å²) < 4.78 is 0. The third-order valence-corrected chi connectivity index (χ3v) is 4.24. The lowest BCUT2D eigenvalue weighted by Crippen LogP contribution is -2.39. The predicted molar refractivity (Wildman–Crippen MR) is 86.4 cm³/mol. The molecule has 1 aromatic rings. The van der Waals surface area contributed by atoms with E-state index >= 15 is 0 Å². The largest absolute Gasteiger partial charge is 0.325 e. The highest BCUT2D eigenvalue weighted by Crippen LogP contribution is 2.09. The van der Waals surface area contributed by atoms with Crippen molar-refractivity contribution in [2.24, 2.45) is 0 Å². The second-order valence-electron chi connectivity index (χ2n) is 5.05. The van der Waals surface area contributed by atoms with E-state index < -0.39 is 0 Å². The van der Waals surface area contributed by atoms with Crippen molar-refractivity contribution < 1.29 is 4.79 Å². The molecule has 1 aromatic carbocycles. The molecule has 1 heterocycles. The van der Waals surface area contributed by atoms with Gasteiger partial charge < -0.3 is 15.5 Å². The first-order valence-electron chi connectivity index (χ1n) is 7.11. The van der Waals surface area contributed by atoms with Crippen molar-refractivity contribution in [3.8, 4) is 0 Å². The Morgan fingerprint density at radius 3 is 2.90 bits per heavy atom. The molecule has 1 aliphatic rings. The van der Waals surface area contributed by atoms with Crippen LogP contribution in [-0.4, -0.2) is 55.0 Å². The number of rotatable bonds is 6. The maximum Gasteiger partial charge on any atom is 0.238 e. The molecule has 2 rings (SSSR count). The Morgan fingerprint density at radius 1 is 1.35 bits per heavy atom. The van der Waals surface area contributed by atoms with Crippen LogP contribution in [0.2, 0.25) is 0 Å². The van der Waals surface area contributed by atoms with E-state index in [1.54, 1.807) is 0 Å². The highest BCUT2D eigenvalue weighted by atomic mass is 32.2. The number of anilines is 1. The Bertz CT molecular complexity index is 433. The standard InChI is InChI=1S/C15H23N3OS/c1-13-3-2-4-14(11-13)17-15(19)12-16-5-6-18-7-9-20-10-8-18/h2-4,11,16H,5-10,12H2,1H3,(H,17,19). The summed E-state index contributed by atoms with van der Waals surface area (Å²) in [5.41, 5.74) is 2.02. The monoisotopic (exact) mass is 293 g/mol. The van der Waals surface area contributed by atoms with E-state index in [1.165, 1.54) is 24.6 Å². The van der Waals surface area contributed by atoms with Crippen molar-refractivity contribution in [2.45, 2.75) is 6.92 Å². The third kappa shape index (κ3) is 5.53. The average Bonchev–Trinajstić information content (AvgIpc) is 2.45. The van der Waals surface area contributed by atoms with E-state index in [-0.39, 0.29) is 5.91 Å². The number of hydrogen-bond donors (Lipinski definition) is 2. The number of nitrogens with zero attached hydrogens (tertiary/aromatic N) is 1. The molecule has 1 aliphatic heterocycles. The lowest BCUT2D eigenvalue weighted by Gasteiger charge is -2.25. The van der Waals surface area contributed by atoms with Crippen LogP contribution in [0.25, 0.3) is 0 Å². The number of thioether (sulfide) groups is 1. The van der Waals surface area contributed by atoms with Gasteiger partial charge in [-0.2, -0.15) is 11.8 Å². The molecule has 2 N–H and O–H groups in total. The number of hydrogen-bond acceptors (Lipinski definition) is 4. The molecule has 110 valence electrons. The van der Waals surface area contributed by atoms with Gasteiger partial charge in [0, 0.05) is 43.4 Å². The molecule has 0 aliphatic carbocycles. The predicted octanol–water partition coefficient (Wildman–Crippen LogP) is 1.57. The first-order chi connectivity index (χ1) is 9.74. The van der Waals surface area contributed by atoms with Crippen LogP contribution in [0.1, 0.15) is 5.56 Å². The zero-order valence-corrected chi connectivity index (χ0v) is 12.8. The molecule has 4 nitrogen and oxygen atoms in total. The van der Waals surface area contributed by atoms with Crippen molar-refractivity contribution >= 4 is 23.4 Å². The summed E-state index contributed by atoms with van der Waals surface area (Å²) in [6, 6.07) is 7.86. The van der Waals surface area contributed by atoms with Crippen LogP contribution >= 0.6 is 11.8 Å². The Labute approximate surface area is 125 Å². The van der Waals surface area contributed by atoms with Crippen molar-refractivity contribution in [2.75, 3.05) is 49.5 Å². The first kappa shape index (κ1) is 15.4. The van der Waals surface area contributed by atoms with Gasteiger partial charge >= 0.3 is 0 Å². The number of aryl methyl sites for hydroxylation is 1. The van der Waals surface area contributed by atoms with Gasteiger partial charge in [-0.1, -0.05) is 12.1 Å². The van der Waals surface area contributed by atoms with Crippen molar-refractivity contribution in [1.82, 2.24) is 10.2 Å². The topological polar surface area (TPSA) is 44.4 Å². The fraction of sp³-hybridized carbons (Fsp3) is 0.533. The van der Waals surface area contributed by atoms with Gasteiger partial charge in [-0.05, 0) is 24.6 Å². The quantitative estimate of drug-likeness (QED) is 0.782. The average molecular weight is 293 g/mol. The zero-order chi connectivity index (χ0) is 14.2. The van der Waals surface area contributed by atoms with Crippen LogP contribution in [0.4, 0.5) is 5.69 Å². The van der Waals surface area contributed by atoms with Crippen molar-refractivity contribution in [1.29, 1.82) is 0 Å². The molecule has 0 unspecified atom stereocenters. The molecule has 0 atom stereocenters. The van der Waals surface area contributed by atoms with Crippen LogP contribution in [0.15, 0.2) is 24.3 Å². The molecule has 0 spiro atoms. The maximum absolute atomic E-state index is 11.8.